The number of anilines is 3. The minimum absolute atomic E-state index is 0.158. The smallest absolute Gasteiger partial charge is 0.0546 e. The molecule has 0 heterocycles. The van der Waals surface area contributed by atoms with Crippen LogP contribution in [-0.2, 0) is 5.41 Å². The van der Waals surface area contributed by atoms with Crippen LogP contribution >= 0.6 is 0 Å². The van der Waals surface area contributed by atoms with Crippen LogP contribution in [0.5, 0.6) is 0 Å². The zero-order chi connectivity index (χ0) is 32.2. The molecule has 1 aliphatic rings. The minimum Gasteiger partial charge on any atom is -0.310 e. The number of benzene rings is 8. The van der Waals surface area contributed by atoms with E-state index < -0.39 is 0 Å². The van der Waals surface area contributed by atoms with Crippen LogP contribution in [0.3, 0.4) is 0 Å². The summed E-state index contributed by atoms with van der Waals surface area (Å²) in [5.74, 6) is 0. The predicted octanol–water partition coefficient (Wildman–Crippen LogP) is 13.1. The topological polar surface area (TPSA) is 3.24 Å². The molecule has 0 saturated carbocycles. The van der Waals surface area contributed by atoms with Gasteiger partial charge < -0.3 is 4.90 Å². The Kier molecular flexibility index (Phi) is 6.55. The van der Waals surface area contributed by atoms with Crippen LogP contribution < -0.4 is 4.90 Å². The molecule has 0 fully saturated rings. The van der Waals surface area contributed by atoms with E-state index in [2.05, 4.69) is 195 Å². The summed E-state index contributed by atoms with van der Waals surface area (Å²) in [6, 6.07) is 64.3. The molecule has 0 N–H and O–H groups in total. The molecule has 228 valence electrons. The van der Waals surface area contributed by atoms with Gasteiger partial charge in [-0.3, -0.25) is 0 Å². The van der Waals surface area contributed by atoms with Gasteiger partial charge >= 0.3 is 0 Å². The van der Waals surface area contributed by atoms with Crippen molar-refractivity contribution in [1.82, 2.24) is 0 Å². The molecule has 1 nitrogen and oxygen atoms in total. The summed E-state index contributed by atoms with van der Waals surface area (Å²) >= 11 is 0. The van der Waals surface area contributed by atoms with Crippen LogP contribution in [0, 0.1) is 0 Å². The number of fused-ring (bicyclic) bond motifs is 6. The summed E-state index contributed by atoms with van der Waals surface area (Å²) in [7, 11) is 0. The minimum atomic E-state index is -0.158. The maximum Gasteiger partial charge on any atom is 0.0546 e. The SMILES string of the molecule is CC1(C)c2cc(-c3ccc(-c4ccccc4)cc3)ccc2-c2ccc(N(c3ccccc3)c3cc4ccccc4c4ccccc34)cc21. The van der Waals surface area contributed by atoms with E-state index in [4.69, 9.17) is 0 Å². The van der Waals surface area contributed by atoms with Crippen molar-refractivity contribution in [3.8, 4) is 33.4 Å². The Balaban J connectivity index is 1.16. The average Bonchev–Trinajstić information content (AvgIpc) is 3.37. The largest absolute Gasteiger partial charge is 0.310 e. The summed E-state index contributed by atoms with van der Waals surface area (Å²) < 4.78 is 0. The molecular formula is C47H35N. The van der Waals surface area contributed by atoms with Crippen molar-refractivity contribution in [3.63, 3.8) is 0 Å². The first-order chi connectivity index (χ1) is 23.6. The molecule has 0 saturated heterocycles. The Labute approximate surface area is 282 Å². The lowest BCUT2D eigenvalue weighted by Gasteiger charge is -2.29. The lowest BCUT2D eigenvalue weighted by molar-refractivity contribution is 0.660. The number of hydrogen-bond donors (Lipinski definition) is 0. The van der Waals surface area contributed by atoms with Gasteiger partial charge in [-0.1, -0.05) is 153 Å². The van der Waals surface area contributed by atoms with Crippen molar-refractivity contribution in [2.45, 2.75) is 19.3 Å². The van der Waals surface area contributed by atoms with Gasteiger partial charge in [0.15, 0.2) is 0 Å². The maximum absolute atomic E-state index is 2.44. The van der Waals surface area contributed by atoms with Gasteiger partial charge in [-0.05, 0) is 97.1 Å². The summed E-state index contributed by atoms with van der Waals surface area (Å²) in [5, 5.41) is 5.03. The Morgan fingerprint density at radius 3 is 1.62 bits per heavy atom. The Morgan fingerprint density at radius 1 is 0.375 bits per heavy atom. The quantitative estimate of drug-likeness (QED) is 0.175. The van der Waals surface area contributed by atoms with Crippen molar-refractivity contribution in [1.29, 1.82) is 0 Å². The molecule has 9 rings (SSSR count). The van der Waals surface area contributed by atoms with E-state index in [-0.39, 0.29) is 5.41 Å². The molecule has 0 bridgehead atoms. The fourth-order valence-corrected chi connectivity index (χ4v) is 7.75. The van der Waals surface area contributed by atoms with Crippen LogP contribution in [0.4, 0.5) is 17.1 Å². The van der Waals surface area contributed by atoms with Gasteiger partial charge in [0, 0.05) is 22.2 Å². The molecule has 0 unspecified atom stereocenters. The van der Waals surface area contributed by atoms with Crippen LogP contribution in [-0.4, -0.2) is 0 Å². The monoisotopic (exact) mass is 613 g/mol. The first kappa shape index (κ1) is 28.3. The third kappa shape index (κ3) is 4.54. The van der Waals surface area contributed by atoms with Gasteiger partial charge in [0.1, 0.15) is 0 Å². The molecule has 0 atom stereocenters. The van der Waals surface area contributed by atoms with Crippen LogP contribution in [0.1, 0.15) is 25.0 Å². The van der Waals surface area contributed by atoms with Gasteiger partial charge in [0.25, 0.3) is 0 Å². The third-order valence-corrected chi connectivity index (χ3v) is 10.2. The molecule has 0 aliphatic heterocycles. The molecule has 0 radical (unpaired) electrons. The predicted molar refractivity (Wildman–Crippen MR) is 205 cm³/mol. The van der Waals surface area contributed by atoms with Crippen molar-refractivity contribution in [3.05, 3.63) is 187 Å². The highest BCUT2D eigenvalue weighted by Crippen LogP contribution is 2.52. The molecule has 8 aromatic rings. The number of para-hydroxylation sites is 1. The lowest BCUT2D eigenvalue weighted by Crippen LogP contribution is -2.17. The molecule has 8 aromatic carbocycles. The van der Waals surface area contributed by atoms with Gasteiger partial charge in [0.05, 0.1) is 5.69 Å². The lowest BCUT2D eigenvalue weighted by atomic mass is 9.81. The first-order valence-electron chi connectivity index (χ1n) is 16.8. The summed E-state index contributed by atoms with van der Waals surface area (Å²) in [6.45, 7) is 4.75. The fourth-order valence-electron chi connectivity index (χ4n) is 7.75. The zero-order valence-electron chi connectivity index (χ0n) is 27.2. The number of nitrogens with zero attached hydrogens (tertiary/aromatic N) is 1. The van der Waals surface area contributed by atoms with Crippen molar-refractivity contribution in [2.75, 3.05) is 4.90 Å². The van der Waals surface area contributed by atoms with Crippen molar-refractivity contribution < 1.29 is 0 Å². The highest BCUT2D eigenvalue weighted by Gasteiger charge is 2.36. The molecule has 0 spiro atoms. The maximum atomic E-state index is 2.44. The van der Waals surface area contributed by atoms with E-state index in [0.717, 1.165) is 11.4 Å². The number of hydrogen-bond acceptors (Lipinski definition) is 1. The van der Waals surface area contributed by atoms with Crippen LogP contribution in [0.2, 0.25) is 0 Å². The first-order valence-corrected chi connectivity index (χ1v) is 16.8. The Hall–Kier alpha value is -5.92. The summed E-state index contributed by atoms with van der Waals surface area (Å²) in [6.07, 6.45) is 0. The van der Waals surface area contributed by atoms with Crippen LogP contribution in [0.15, 0.2) is 176 Å². The second kappa shape index (κ2) is 11.1. The highest BCUT2D eigenvalue weighted by atomic mass is 15.1. The average molecular weight is 614 g/mol. The number of rotatable bonds is 5. The Bertz CT molecular complexity index is 2460. The van der Waals surface area contributed by atoms with E-state index in [1.165, 1.54) is 71.7 Å². The van der Waals surface area contributed by atoms with Crippen LogP contribution in [0.25, 0.3) is 54.9 Å². The summed E-state index contributed by atoms with van der Waals surface area (Å²) in [4.78, 5) is 2.44. The molecule has 1 heteroatoms. The standard InChI is InChI=1S/C47H35N/c1-47(2)44-29-35(34-23-21-33(22-24-34)32-13-5-3-6-14-32)25-27-41(44)42-28-26-38(31-45(42)47)48(37-16-7-4-8-17-37)46-30-36-15-9-10-18-39(36)40-19-11-12-20-43(40)46/h3-31H,1-2H3. The van der Waals surface area contributed by atoms with Gasteiger partial charge in [-0.2, -0.15) is 0 Å². The molecule has 48 heavy (non-hydrogen) atoms. The van der Waals surface area contributed by atoms with Gasteiger partial charge in [-0.15, -0.1) is 0 Å². The molecule has 0 amide bonds. The van der Waals surface area contributed by atoms with Crippen molar-refractivity contribution in [2.24, 2.45) is 0 Å². The fraction of sp³-hybridized carbons (Fsp3) is 0.0638. The zero-order valence-corrected chi connectivity index (χ0v) is 27.2. The third-order valence-electron chi connectivity index (χ3n) is 10.2. The highest BCUT2D eigenvalue weighted by molar-refractivity contribution is 6.14. The van der Waals surface area contributed by atoms with Gasteiger partial charge in [-0.25, -0.2) is 0 Å². The summed E-state index contributed by atoms with van der Waals surface area (Å²) in [5.41, 5.74) is 13.7. The van der Waals surface area contributed by atoms with Gasteiger partial charge in [0.2, 0.25) is 0 Å². The molecule has 1 aliphatic carbocycles. The van der Waals surface area contributed by atoms with Crippen molar-refractivity contribution >= 4 is 38.6 Å². The normalized spacial score (nSPS) is 13.0. The second-order valence-electron chi connectivity index (χ2n) is 13.4. The Morgan fingerprint density at radius 2 is 0.896 bits per heavy atom. The van der Waals surface area contributed by atoms with E-state index in [1.807, 2.05) is 0 Å². The molecular weight excluding hydrogens is 579 g/mol. The second-order valence-corrected chi connectivity index (χ2v) is 13.4. The van der Waals surface area contributed by atoms with E-state index >= 15 is 0 Å². The van der Waals surface area contributed by atoms with E-state index in [0.29, 0.717) is 0 Å². The molecule has 0 aromatic heterocycles. The van der Waals surface area contributed by atoms with E-state index in [1.54, 1.807) is 0 Å². The van der Waals surface area contributed by atoms with E-state index in [9.17, 15) is 0 Å².